The molecule has 0 amide bonds. The van der Waals surface area contributed by atoms with E-state index in [2.05, 4.69) is 11.1 Å². The minimum absolute atomic E-state index is 0.000932. The van der Waals surface area contributed by atoms with E-state index in [-0.39, 0.29) is 17.2 Å². The van der Waals surface area contributed by atoms with Gasteiger partial charge in [-0.05, 0) is 45.7 Å². The molecule has 0 spiro atoms. The molecule has 11 heteroatoms. The smallest absolute Gasteiger partial charge is 0.332 e. The number of carbonyl (C=O) groups excluding carboxylic acids is 1. The number of aryl methyl sites for hydroxylation is 1. The van der Waals surface area contributed by atoms with Crippen molar-refractivity contribution in [2.24, 2.45) is 12.8 Å². The molecule has 2 N–H and O–H groups in total. The molecule has 38 heavy (non-hydrogen) atoms. The molecule has 1 atom stereocenters. The summed E-state index contributed by atoms with van der Waals surface area (Å²) in [6.07, 6.45) is 5.90. The van der Waals surface area contributed by atoms with Crippen molar-refractivity contribution in [3.8, 4) is 6.19 Å². The molecule has 3 aromatic rings. The van der Waals surface area contributed by atoms with Gasteiger partial charge in [-0.15, -0.1) is 0 Å². The summed E-state index contributed by atoms with van der Waals surface area (Å²) in [6.45, 7) is 7.55. The van der Waals surface area contributed by atoms with Gasteiger partial charge in [0.25, 0.3) is 5.56 Å². The molecular weight excluding hydrogens is 484 g/mol. The van der Waals surface area contributed by atoms with Gasteiger partial charge in [-0.25, -0.2) is 4.79 Å². The zero-order chi connectivity index (χ0) is 27.6. The molecule has 1 aromatic carbocycles. The van der Waals surface area contributed by atoms with E-state index >= 15 is 0 Å². The summed E-state index contributed by atoms with van der Waals surface area (Å²) in [5.41, 5.74) is 7.53. The van der Waals surface area contributed by atoms with Crippen LogP contribution in [-0.2, 0) is 20.1 Å². The van der Waals surface area contributed by atoms with Crippen molar-refractivity contribution in [3.63, 3.8) is 0 Å². The third-order valence-corrected chi connectivity index (χ3v) is 6.85. The number of rotatable bonds is 8. The summed E-state index contributed by atoms with van der Waals surface area (Å²) >= 11 is 0. The van der Waals surface area contributed by atoms with E-state index in [4.69, 9.17) is 10.7 Å². The maximum Gasteiger partial charge on any atom is 0.332 e. The van der Waals surface area contributed by atoms with Gasteiger partial charge in [-0.3, -0.25) is 23.6 Å². The van der Waals surface area contributed by atoms with Crippen LogP contribution in [-0.4, -0.2) is 50.1 Å². The Balaban J connectivity index is 1.83. The fourth-order valence-corrected chi connectivity index (χ4v) is 4.77. The van der Waals surface area contributed by atoms with Crippen molar-refractivity contribution in [1.29, 1.82) is 5.26 Å². The highest BCUT2D eigenvalue weighted by molar-refractivity contribution is 5.97. The fourth-order valence-electron chi connectivity index (χ4n) is 4.77. The average Bonchev–Trinajstić information content (AvgIpc) is 3.29. The van der Waals surface area contributed by atoms with Crippen molar-refractivity contribution in [2.75, 3.05) is 29.4 Å². The van der Waals surface area contributed by atoms with Gasteiger partial charge in [0.1, 0.15) is 0 Å². The number of nitrogens with zero attached hydrogens (tertiary/aromatic N) is 7. The predicted octanol–water partition coefficient (Wildman–Crippen LogP) is 1.98. The summed E-state index contributed by atoms with van der Waals surface area (Å²) in [5.74, 6) is 0.185. The lowest BCUT2D eigenvalue weighted by Crippen LogP contribution is -2.44. The fraction of sp³-hybridized carbons (Fsp3) is 0.444. The molecule has 1 aliphatic heterocycles. The molecule has 1 aliphatic rings. The number of ketones is 1. The van der Waals surface area contributed by atoms with Crippen molar-refractivity contribution in [2.45, 2.75) is 52.7 Å². The SMILES string of the molecule is CCN(C#N)c1cccc(C(=O)Cn2c(=O)c3c(nc(N4CCCC(N)C4)n3CC=C(C)C)n(C)c2=O)c1. The van der Waals surface area contributed by atoms with Crippen LogP contribution >= 0.6 is 0 Å². The Kier molecular flexibility index (Phi) is 7.83. The maximum atomic E-state index is 13.8. The molecule has 200 valence electrons. The molecule has 0 aliphatic carbocycles. The van der Waals surface area contributed by atoms with Crippen LogP contribution in [0.2, 0.25) is 0 Å². The number of benzene rings is 1. The van der Waals surface area contributed by atoms with E-state index in [1.807, 2.05) is 31.4 Å². The van der Waals surface area contributed by atoms with E-state index in [1.165, 1.54) is 9.47 Å². The standard InChI is InChI=1S/C27H34N8O3/c1-5-32(17-28)21-10-6-8-19(14-21)22(36)16-35-25(37)23-24(31(4)27(35)38)30-26(34(23)13-11-18(2)3)33-12-7-9-20(29)15-33/h6,8,10-11,14,20H,5,7,9,12-13,15-16,29H2,1-4H3. The molecule has 0 saturated carbocycles. The van der Waals surface area contributed by atoms with Gasteiger partial charge in [0, 0.05) is 44.8 Å². The van der Waals surface area contributed by atoms with E-state index in [1.54, 1.807) is 31.3 Å². The number of carbonyl (C=O) groups is 1. The van der Waals surface area contributed by atoms with E-state index in [0.717, 1.165) is 29.5 Å². The largest absolute Gasteiger partial charge is 0.341 e. The number of imidazole rings is 1. The molecule has 1 fully saturated rings. The Morgan fingerprint density at radius 2 is 2.05 bits per heavy atom. The van der Waals surface area contributed by atoms with Crippen LogP contribution in [0.15, 0.2) is 45.5 Å². The molecule has 3 heterocycles. The van der Waals surface area contributed by atoms with Crippen LogP contribution in [0.3, 0.4) is 0 Å². The average molecular weight is 519 g/mol. The highest BCUT2D eigenvalue weighted by Crippen LogP contribution is 2.23. The lowest BCUT2D eigenvalue weighted by Gasteiger charge is -2.31. The summed E-state index contributed by atoms with van der Waals surface area (Å²) in [5, 5.41) is 9.34. The summed E-state index contributed by atoms with van der Waals surface area (Å²) in [6, 6.07) is 6.62. The Bertz CT molecular complexity index is 1550. The molecule has 1 saturated heterocycles. The second kappa shape index (κ2) is 11.1. The number of nitrogens with two attached hydrogens (primary N) is 1. The Labute approximate surface area is 221 Å². The van der Waals surface area contributed by atoms with Gasteiger partial charge >= 0.3 is 5.69 Å². The van der Waals surface area contributed by atoms with Crippen LogP contribution < -0.4 is 26.8 Å². The second-order valence-corrected chi connectivity index (χ2v) is 9.88. The second-order valence-electron chi connectivity index (χ2n) is 9.88. The van der Waals surface area contributed by atoms with Crippen LogP contribution in [0.4, 0.5) is 11.6 Å². The molecular formula is C27H34N8O3. The van der Waals surface area contributed by atoms with Gasteiger partial charge in [0.2, 0.25) is 5.95 Å². The number of Topliss-reactive ketones (excluding diaryl/α,β-unsaturated/α-hetero) is 1. The number of hydrogen-bond acceptors (Lipinski definition) is 8. The topological polar surface area (TPSA) is 135 Å². The number of piperidine rings is 1. The summed E-state index contributed by atoms with van der Waals surface area (Å²) in [7, 11) is 1.56. The molecule has 4 rings (SSSR count). The van der Waals surface area contributed by atoms with Crippen LogP contribution in [0.5, 0.6) is 0 Å². The third kappa shape index (κ3) is 5.13. The zero-order valence-corrected chi connectivity index (χ0v) is 22.3. The number of anilines is 2. The van der Waals surface area contributed by atoms with Gasteiger partial charge in [-0.1, -0.05) is 23.8 Å². The molecule has 1 unspecified atom stereocenters. The highest BCUT2D eigenvalue weighted by atomic mass is 16.2. The number of allylic oxidation sites excluding steroid dienone is 2. The van der Waals surface area contributed by atoms with Crippen molar-refractivity contribution < 1.29 is 4.79 Å². The lowest BCUT2D eigenvalue weighted by atomic mass is 10.1. The first kappa shape index (κ1) is 26.9. The van der Waals surface area contributed by atoms with Crippen molar-refractivity contribution in [3.05, 3.63) is 62.3 Å². The number of fused-ring (bicyclic) bond motifs is 1. The predicted molar refractivity (Wildman–Crippen MR) is 147 cm³/mol. The first-order chi connectivity index (χ1) is 18.2. The maximum absolute atomic E-state index is 13.8. The zero-order valence-electron chi connectivity index (χ0n) is 22.3. The molecule has 2 aromatic heterocycles. The van der Waals surface area contributed by atoms with Crippen molar-refractivity contribution in [1.82, 2.24) is 18.7 Å². The van der Waals surface area contributed by atoms with E-state index < -0.39 is 23.6 Å². The number of aromatic nitrogens is 4. The summed E-state index contributed by atoms with van der Waals surface area (Å²) < 4.78 is 4.10. The number of hydrogen-bond donors (Lipinski definition) is 1. The molecule has 0 radical (unpaired) electrons. The van der Waals surface area contributed by atoms with Crippen LogP contribution in [0.1, 0.15) is 44.0 Å². The van der Waals surface area contributed by atoms with E-state index in [0.29, 0.717) is 36.8 Å². The van der Waals surface area contributed by atoms with Crippen molar-refractivity contribution >= 4 is 28.6 Å². The van der Waals surface area contributed by atoms with E-state index in [9.17, 15) is 19.6 Å². The minimum Gasteiger partial charge on any atom is -0.341 e. The first-order valence-corrected chi connectivity index (χ1v) is 12.8. The molecule has 0 bridgehead atoms. The van der Waals surface area contributed by atoms with Gasteiger partial charge < -0.3 is 15.2 Å². The number of nitriles is 1. The lowest BCUT2D eigenvalue weighted by molar-refractivity contribution is 0.0969. The van der Waals surface area contributed by atoms with Crippen LogP contribution in [0, 0.1) is 11.5 Å². The molecule has 11 nitrogen and oxygen atoms in total. The Morgan fingerprint density at radius 3 is 2.71 bits per heavy atom. The van der Waals surface area contributed by atoms with Crippen LogP contribution in [0.25, 0.3) is 11.2 Å². The highest BCUT2D eigenvalue weighted by Gasteiger charge is 2.26. The quantitative estimate of drug-likeness (QED) is 0.207. The normalized spacial score (nSPS) is 15.4. The third-order valence-electron chi connectivity index (χ3n) is 6.85. The monoisotopic (exact) mass is 518 g/mol. The van der Waals surface area contributed by atoms with Gasteiger partial charge in [0.15, 0.2) is 23.1 Å². The first-order valence-electron chi connectivity index (χ1n) is 12.8. The Hall–Kier alpha value is -4.17. The summed E-state index contributed by atoms with van der Waals surface area (Å²) in [4.78, 5) is 48.5. The Morgan fingerprint density at radius 1 is 1.29 bits per heavy atom. The van der Waals surface area contributed by atoms with Gasteiger partial charge in [0.05, 0.1) is 12.2 Å². The minimum atomic E-state index is -0.618. The van der Waals surface area contributed by atoms with Gasteiger partial charge in [-0.2, -0.15) is 10.2 Å².